The number of carbonyl (C=O) groups excluding carboxylic acids is 1. The van der Waals surface area contributed by atoms with Gasteiger partial charge >= 0.3 is 0 Å². The molecule has 1 aromatic carbocycles. The third-order valence-electron chi connectivity index (χ3n) is 3.13. The van der Waals surface area contributed by atoms with E-state index in [0.717, 1.165) is 18.4 Å². The highest BCUT2D eigenvalue weighted by Crippen LogP contribution is 2.21. The molecule has 0 saturated heterocycles. The zero-order chi connectivity index (χ0) is 13.0. The van der Waals surface area contributed by atoms with Crippen molar-refractivity contribution in [2.45, 2.75) is 38.5 Å². The molecule has 0 fully saturated rings. The van der Waals surface area contributed by atoms with E-state index in [2.05, 4.69) is 22.0 Å². The number of carbonyl (C=O) groups is 1. The summed E-state index contributed by atoms with van der Waals surface area (Å²) in [4.78, 5) is 11.9. The van der Waals surface area contributed by atoms with Crippen LogP contribution in [0.4, 0.5) is 4.39 Å². The monoisotopic (exact) mass is 310 g/mol. The van der Waals surface area contributed by atoms with Crippen LogP contribution < -0.4 is 0 Å². The Balaban J connectivity index is 1.96. The number of benzene rings is 1. The standard InChI is InChI=1S/C15H16BrFO/c16-13-6-12(7-14(17)10-13)9-15(18)8-11-4-2-1-3-5-11/h4,6-7,10H,1-3,5,8-9H2. The van der Waals surface area contributed by atoms with Crippen molar-refractivity contribution in [3.63, 3.8) is 0 Å². The molecule has 3 heteroatoms. The number of rotatable bonds is 4. The van der Waals surface area contributed by atoms with Gasteiger partial charge in [-0.2, -0.15) is 0 Å². The summed E-state index contributed by atoms with van der Waals surface area (Å²) < 4.78 is 13.9. The van der Waals surface area contributed by atoms with E-state index in [1.165, 1.54) is 30.5 Å². The van der Waals surface area contributed by atoms with Gasteiger partial charge in [0.1, 0.15) is 11.6 Å². The molecule has 0 unspecified atom stereocenters. The molecular weight excluding hydrogens is 295 g/mol. The lowest BCUT2D eigenvalue weighted by molar-refractivity contribution is -0.117. The van der Waals surface area contributed by atoms with E-state index < -0.39 is 0 Å². The lowest BCUT2D eigenvalue weighted by Crippen LogP contribution is -2.06. The molecule has 18 heavy (non-hydrogen) atoms. The van der Waals surface area contributed by atoms with Crippen LogP contribution in [0.5, 0.6) is 0 Å². The van der Waals surface area contributed by atoms with Crippen LogP contribution >= 0.6 is 15.9 Å². The van der Waals surface area contributed by atoms with Gasteiger partial charge in [-0.15, -0.1) is 0 Å². The summed E-state index contributed by atoms with van der Waals surface area (Å²) in [6, 6.07) is 4.63. The first kappa shape index (κ1) is 13.5. The summed E-state index contributed by atoms with van der Waals surface area (Å²) in [5, 5.41) is 0. The highest BCUT2D eigenvalue weighted by molar-refractivity contribution is 9.10. The second kappa shape index (κ2) is 6.28. The molecule has 0 saturated carbocycles. The topological polar surface area (TPSA) is 17.1 Å². The fourth-order valence-corrected chi connectivity index (χ4v) is 2.83. The van der Waals surface area contributed by atoms with Gasteiger partial charge in [0.05, 0.1) is 0 Å². The minimum Gasteiger partial charge on any atom is -0.299 e. The Morgan fingerprint density at radius 3 is 2.72 bits per heavy atom. The van der Waals surface area contributed by atoms with Crippen LogP contribution in [0.1, 0.15) is 37.7 Å². The van der Waals surface area contributed by atoms with Crippen LogP contribution in [0.2, 0.25) is 0 Å². The molecule has 0 heterocycles. The Morgan fingerprint density at radius 1 is 1.22 bits per heavy atom. The van der Waals surface area contributed by atoms with Gasteiger partial charge in [0, 0.05) is 17.3 Å². The second-order valence-corrected chi connectivity index (χ2v) is 5.69. The maximum atomic E-state index is 13.2. The van der Waals surface area contributed by atoms with Crippen molar-refractivity contribution >= 4 is 21.7 Å². The number of hydrogen-bond donors (Lipinski definition) is 0. The lowest BCUT2D eigenvalue weighted by Gasteiger charge is -2.11. The van der Waals surface area contributed by atoms with E-state index in [0.29, 0.717) is 17.3 Å². The van der Waals surface area contributed by atoms with E-state index in [-0.39, 0.29) is 11.6 Å². The molecule has 1 nitrogen and oxygen atoms in total. The van der Waals surface area contributed by atoms with Crippen molar-refractivity contribution in [1.29, 1.82) is 0 Å². The largest absolute Gasteiger partial charge is 0.299 e. The first-order chi connectivity index (χ1) is 8.63. The minimum absolute atomic E-state index is 0.167. The van der Waals surface area contributed by atoms with Crippen molar-refractivity contribution in [2.24, 2.45) is 0 Å². The molecule has 0 amide bonds. The molecule has 0 radical (unpaired) electrons. The summed E-state index contributed by atoms with van der Waals surface area (Å²) in [7, 11) is 0. The van der Waals surface area contributed by atoms with Crippen LogP contribution in [0, 0.1) is 5.82 Å². The molecule has 1 aliphatic carbocycles. The first-order valence-corrected chi connectivity index (χ1v) is 7.07. The predicted molar refractivity (Wildman–Crippen MR) is 74.0 cm³/mol. The fourth-order valence-electron chi connectivity index (χ4n) is 2.32. The van der Waals surface area contributed by atoms with Gasteiger partial charge in [-0.05, 0) is 49.4 Å². The molecule has 0 N–H and O–H groups in total. The molecule has 2 rings (SSSR count). The van der Waals surface area contributed by atoms with E-state index >= 15 is 0 Å². The normalized spacial score (nSPS) is 15.3. The number of allylic oxidation sites excluding steroid dienone is 2. The summed E-state index contributed by atoms with van der Waals surface area (Å²) in [6.45, 7) is 0. The van der Waals surface area contributed by atoms with Crippen LogP contribution in [-0.2, 0) is 11.2 Å². The van der Waals surface area contributed by atoms with E-state index in [1.807, 2.05) is 0 Å². The van der Waals surface area contributed by atoms with Crippen molar-refractivity contribution in [2.75, 3.05) is 0 Å². The molecule has 0 atom stereocenters. The SMILES string of the molecule is O=C(CC1=CCCCC1)Cc1cc(F)cc(Br)c1. The summed E-state index contributed by atoms with van der Waals surface area (Å²) in [5.41, 5.74) is 1.99. The molecule has 0 aliphatic heterocycles. The molecule has 1 aromatic rings. The molecule has 96 valence electrons. The number of Topliss-reactive ketones (excluding diaryl/α,β-unsaturated/α-hetero) is 1. The Morgan fingerprint density at radius 2 is 2.06 bits per heavy atom. The maximum Gasteiger partial charge on any atom is 0.141 e. The average molecular weight is 311 g/mol. The Bertz CT molecular complexity index is 459. The third kappa shape index (κ3) is 4.05. The quantitative estimate of drug-likeness (QED) is 0.743. The van der Waals surface area contributed by atoms with Crippen LogP contribution in [0.25, 0.3) is 0 Å². The minimum atomic E-state index is -0.302. The number of hydrogen-bond acceptors (Lipinski definition) is 1. The van der Waals surface area contributed by atoms with Crippen LogP contribution in [0.3, 0.4) is 0 Å². The molecule has 0 bridgehead atoms. The number of ketones is 1. The van der Waals surface area contributed by atoms with Crippen molar-refractivity contribution < 1.29 is 9.18 Å². The van der Waals surface area contributed by atoms with Crippen LogP contribution in [-0.4, -0.2) is 5.78 Å². The van der Waals surface area contributed by atoms with Gasteiger partial charge in [0.15, 0.2) is 0 Å². The Hall–Kier alpha value is -0.960. The highest BCUT2D eigenvalue weighted by atomic mass is 79.9. The average Bonchev–Trinajstić information content (AvgIpc) is 2.28. The Labute approximate surface area is 115 Å². The van der Waals surface area contributed by atoms with Crippen molar-refractivity contribution in [1.82, 2.24) is 0 Å². The predicted octanol–water partition coefficient (Wildman–Crippen LogP) is 4.59. The molecular formula is C15H16BrFO. The second-order valence-electron chi connectivity index (χ2n) is 4.78. The Kier molecular flexibility index (Phi) is 4.70. The summed E-state index contributed by atoms with van der Waals surface area (Å²) in [6.07, 6.45) is 7.57. The van der Waals surface area contributed by atoms with Gasteiger partial charge < -0.3 is 0 Å². The molecule has 0 aromatic heterocycles. The van der Waals surface area contributed by atoms with Crippen molar-refractivity contribution in [3.8, 4) is 0 Å². The van der Waals surface area contributed by atoms with Gasteiger partial charge in [-0.3, -0.25) is 4.79 Å². The number of halogens is 2. The van der Waals surface area contributed by atoms with Gasteiger partial charge in [0.2, 0.25) is 0 Å². The van der Waals surface area contributed by atoms with Crippen molar-refractivity contribution in [3.05, 3.63) is 45.7 Å². The van der Waals surface area contributed by atoms with E-state index in [1.54, 1.807) is 6.07 Å². The van der Waals surface area contributed by atoms with Gasteiger partial charge in [0.25, 0.3) is 0 Å². The molecule has 1 aliphatic rings. The third-order valence-corrected chi connectivity index (χ3v) is 3.59. The smallest absolute Gasteiger partial charge is 0.141 e. The van der Waals surface area contributed by atoms with Gasteiger partial charge in [-0.1, -0.05) is 27.6 Å². The maximum absolute atomic E-state index is 13.2. The van der Waals surface area contributed by atoms with E-state index in [4.69, 9.17) is 0 Å². The first-order valence-electron chi connectivity index (χ1n) is 6.28. The zero-order valence-corrected chi connectivity index (χ0v) is 11.8. The van der Waals surface area contributed by atoms with E-state index in [9.17, 15) is 9.18 Å². The summed E-state index contributed by atoms with van der Waals surface area (Å²) in [5.74, 6) is -0.135. The van der Waals surface area contributed by atoms with Crippen LogP contribution in [0.15, 0.2) is 34.3 Å². The zero-order valence-electron chi connectivity index (χ0n) is 10.2. The lowest BCUT2D eigenvalue weighted by atomic mass is 9.94. The summed E-state index contributed by atoms with van der Waals surface area (Å²) >= 11 is 3.24. The fraction of sp³-hybridized carbons (Fsp3) is 0.400. The molecule has 0 spiro atoms. The highest BCUT2D eigenvalue weighted by Gasteiger charge is 2.10. The van der Waals surface area contributed by atoms with Gasteiger partial charge in [-0.25, -0.2) is 4.39 Å².